The number of thioether (sulfide) groups is 1. The molecule has 1 aliphatic carbocycles. The number of pyridine rings is 1. The molecular weight excluding hydrogens is 384 g/mol. The Morgan fingerprint density at radius 1 is 1.21 bits per heavy atom. The number of fused-ring (bicyclic) bond motifs is 1. The summed E-state index contributed by atoms with van der Waals surface area (Å²) in [5.74, 6) is 1.92. The van der Waals surface area contributed by atoms with Gasteiger partial charge in [-0.25, -0.2) is 4.98 Å². The Labute approximate surface area is 175 Å². The van der Waals surface area contributed by atoms with Gasteiger partial charge in [-0.2, -0.15) is 5.26 Å². The fourth-order valence-corrected chi connectivity index (χ4v) is 4.98. The fourth-order valence-electron chi connectivity index (χ4n) is 4.15. The van der Waals surface area contributed by atoms with E-state index in [0.29, 0.717) is 17.1 Å². The van der Waals surface area contributed by atoms with Crippen LogP contribution in [0.1, 0.15) is 54.6 Å². The first-order chi connectivity index (χ1) is 14.3. The first-order valence-corrected chi connectivity index (χ1v) is 11.4. The zero-order chi connectivity index (χ0) is 20.1. The van der Waals surface area contributed by atoms with Crippen molar-refractivity contribution < 1.29 is 9.21 Å². The molecule has 4 rings (SSSR count). The molecule has 2 aromatic heterocycles. The van der Waals surface area contributed by atoms with Crippen molar-refractivity contribution in [1.29, 1.82) is 5.26 Å². The SMILES string of the molecule is N#Cc1c(SCC(=O)NCc2ccco2)nc(N2CCCCC2)c2c1CCCC2. The summed E-state index contributed by atoms with van der Waals surface area (Å²) in [6.07, 6.45) is 9.43. The fraction of sp³-hybridized carbons (Fsp3) is 0.500. The zero-order valence-corrected chi connectivity index (χ0v) is 17.4. The van der Waals surface area contributed by atoms with Crippen LogP contribution in [0.25, 0.3) is 0 Å². The first kappa shape index (κ1) is 19.8. The quantitative estimate of drug-likeness (QED) is 0.729. The third-order valence-corrected chi connectivity index (χ3v) is 6.58. The van der Waals surface area contributed by atoms with Crippen LogP contribution in [-0.2, 0) is 24.2 Å². The van der Waals surface area contributed by atoms with Crippen molar-refractivity contribution in [3.63, 3.8) is 0 Å². The molecule has 29 heavy (non-hydrogen) atoms. The average molecular weight is 411 g/mol. The van der Waals surface area contributed by atoms with Crippen LogP contribution >= 0.6 is 11.8 Å². The molecule has 1 aliphatic heterocycles. The monoisotopic (exact) mass is 410 g/mol. The van der Waals surface area contributed by atoms with Crippen LogP contribution in [0.5, 0.6) is 0 Å². The van der Waals surface area contributed by atoms with Crippen molar-refractivity contribution >= 4 is 23.5 Å². The lowest BCUT2D eigenvalue weighted by molar-refractivity contribution is -0.118. The van der Waals surface area contributed by atoms with Crippen molar-refractivity contribution in [3.8, 4) is 6.07 Å². The van der Waals surface area contributed by atoms with Gasteiger partial charge >= 0.3 is 0 Å². The van der Waals surface area contributed by atoms with Gasteiger partial charge < -0.3 is 14.6 Å². The third-order valence-electron chi connectivity index (χ3n) is 5.61. The highest BCUT2D eigenvalue weighted by atomic mass is 32.2. The van der Waals surface area contributed by atoms with Gasteiger partial charge in [-0.15, -0.1) is 0 Å². The Morgan fingerprint density at radius 2 is 2.00 bits per heavy atom. The van der Waals surface area contributed by atoms with Crippen LogP contribution in [0, 0.1) is 11.3 Å². The summed E-state index contributed by atoms with van der Waals surface area (Å²) in [7, 11) is 0. The number of nitrogens with one attached hydrogen (secondary N) is 1. The van der Waals surface area contributed by atoms with Crippen molar-refractivity contribution in [1.82, 2.24) is 10.3 Å². The maximum Gasteiger partial charge on any atom is 0.230 e. The second kappa shape index (κ2) is 9.36. The number of nitriles is 1. The molecular formula is C22H26N4O2S. The first-order valence-electron chi connectivity index (χ1n) is 10.4. The number of hydrogen-bond donors (Lipinski definition) is 1. The van der Waals surface area contributed by atoms with E-state index in [1.165, 1.54) is 36.6 Å². The summed E-state index contributed by atoms with van der Waals surface area (Å²) < 4.78 is 5.25. The lowest BCUT2D eigenvalue weighted by Gasteiger charge is -2.32. The number of anilines is 1. The number of amides is 1. The average Bonchev–Trinajstić information content (AvgIpc) is 3.29. The molecule has 1 amide bonds. The number of carbonyl (C=O) groups is 1. The van der Waals surface area contributed by atoms with E-state index in [1.807, 2.05) is 6.07 Å². The van der Waals surface area contributed by atoms with E-state index < -0.39 is 0 Å². The molecule has 0 radical (unpaired) electrons. The van der Waals surface area contributed by atoms with Crippen molar-refractivity contribution in [2.24, 2.45) is 0 Å². The van der Waals surface area contributed by atoms with Gasteiger partial charge in [0.15, 0.2) is 0 Å². The molecule has 152 valence electrons. The smallest absolute Gasteiger partial charge is 0.230 e. The van der Waals surface area contributed by atoms with Crippen molar-refractivity contribution in [3.05, 3.63) is 40.8 Å². The highest BCUT2D eigenvalue weighted by Gasteiger charge is 2.26. The molecule has 1 saturated heterocycles. The lowest BCUT2D eigenvalue weighted by Crippen LogP contribution is -2.32. The van der Waals surface area contributed by atoms with E-state index in [4.69, 9.17) is 9.40 Å². The minimum Gasteiger partial charge on any atom is -0.467 e. The topological polar surface area (TPSA) is 82.2 Å². The van der Waals surface area contributed by atoms with Gasteiger partial charge in [0, 0.05) is 13.1 Å². The Balaban J connectivity index is 1.53. The van der Waals surface area contributed by atoms with Gasteiger partial charge in [-0.1, -0.05) is 11.8 Å². The van der Waals surface area contributed by atoms with Crippen LogP contribution in [0.2, 0.25) is 0 Å². The predicted molar refractivity (Wildman–Crippen MR) is 113 cm³/mol. The Hall–Kier alpha value is -2.46. The van der Waals surface area contributed by atoms with Crippen molar-refractivity contribution in [2.75, 3.05) is 23.7 Å². The normalized spacial score (nSPS) is 16.2. The summed E-state index contributed by atoms with van der Waals surface area (Å²) in [5, 5.41) is 13.4. The predicted octanol–water partition coefficient (Wildman–Crippen LogP) is 3.82. The molecule has 0 atom stereocenters. The molecule has 2 aromatic rings. The molecule has 0 unspecified atom stereocenters. The molecule has 0 spiro atoms. The highest BCUT2D eigenvalue weighted by Crippen LogP contribution is 2.36. The molecule has 1 N–H and O–H groups in total. The Bertz CT molecular complexity index is 899. The van der Waals surface area contributed by atoms with Crippen LogP contribution in [-0.4, -0.2) is 29.7 Å². The summed E-state index contributed by atoms with van der Waals surface area (Å²) >= 11 is 1.36. The standard InChI is InChI=1S/C22H26N4O2S/c23-13-19-17-8-2-3-9-18(17)21(26-10-4-1-5-11-26)25-22(19)29-15-20(27)24-14-16-7-6-12-28-16/h6-7,12H,1-5,8-11,14-15H2,(H,24,27). The second-order valence-electron chi connectivity index (χ2n) is 7.58. The summed E-state index contributed by atoms with van der Waals surface area (Å²) in [6.45, 7) is 2.42. The highest BCUT2D eigenvalue weighted by molar-refractivity contribution is 8.00. The second-order valence-corrected chi connectivity index (χ2v) is 8.55. The third kappa shape index (κ3) is 4.59. The summed E-state index contributed by atoms with van der Waals surface area (Å²) in [6, 6.07) is 6.01. The molecule has 3 heterocycles. The number of piperidine rings is 1. The summed E-state index contributed by atoms with van der Waals surface area (Å²) in [5.41, 5.74) is 3.10. The van der Waals surface area contributed by atoms with Gasteiger partial charge in [0.25, 0.3) is 0 Å². The van der Waals surface area contributed by atoms with Gasteiger partial charge in [-0.05, 0) is 68.2 Å². The Kier molecular flexibility index (Phi) is 6.40. The maximum atomic E-state index is 12.3. The molecule has 7 heteroatoms. The van der Waals surface area contributed by atoms with E-state index in [9.17, 15) is 10.1 Å². The van der Waals surface area contributed by atoms with E-state index in [0.717, 1.165) is 55.9 Å². The lowest BCUT2D eigenvalue weighted by atomic mass is 9.89. The van der Waals surface area contributed by atoms with E-state index in [-0.39, 0.29) is 11.7 Å². The van der Waals surface area contributed by atoms with E-state index >= 15 is 0 Å². The van der Waals surface area contributed by atoms with Crippen LogP contribution in [0.3, 0.4) is 0 Å². The van der Waals surface area contributed by atoms with Gasteiger partial charge in [0.1, 0.15) is 22.7 Å². The minimum atomic E-state index is -0.0886. The van der Waals surface area contributed by atoms with E-state index in [1.54, 1.807) is 12.3 Å². The molecule has 1 fully saturated rings. The number of carbonyl (C=O) groups excluding carboxylic acids is 1. The van der Waals surface area contributed by atoms with Gasteiger partial charge in [-0.3, -0.25) is 4.79 Å². The maximum absolute atomic E-state index is 12.3. The van der Waals surface area contributed by atoms with E-state index in [2.05, 4.69) is 16.3 Å². The molecule has 2 aliphatic rings. The zero-order valence-electron chi connectivity index (χ0n) is 16.6. The summed E-state index contributed by atoms with van der Waals surface area (Å²) in [4.78, 5) is 19.6. The van der Waals surface area contributed by atoms with Gasteiger partial charge in [0.2, 0.25) is 5.91 Å². The van der Waals surface area contributed by atoms with Gasteiger partial charge in [0.05, 0.1) is 24.1 Å². The van der Waals surface area contributed by atoms with Crippen LogP contribution in [0.15, 0.2) is 27.8 Å². The number of hydrogen-bond acceptors (Lipinski definition) is 6. The van der Waals surface area contributed by atoms with Crippen molar-refractivity contribution in [2.45, 2.75) is 56.5 Å². The van der Waals surface area contributed by atoms with Crippen LogP contribution in [0.4, 0.5) is 5.82 Å². The Morgan fingerprint density at radius 3 is 2.72 bits per heavy atom. The van der Waals surface area contributed by atoms with Crippen LogP contribution < -0.4 is 10.2 Å². The molecule has 0 bridgehead atoms. The number of aromatic nitrogens is 1. The number of furan rings is 1. The number of nitrogens with zero attached hydrogens (tertiary/aromatic N) is 3. The molecule has 0 saturated carbocycles. The number of rotatable bonds is 6. The minimum absolute atomic E-state index is 0.0886. The largest absolute Gasteiger partial charge is 0.467 e. The molecule has 6 nitrogen and oxygen atoms in total. The molecule has 0 aromatic carbocycles.